The van der Waals surface area contributed by atoms with Crippen molar-refractivity contribution in [3.8, 4) is 0 Å². The Morgan fingerprint density at radius 2 is 1.89 bits per heavy atom. The molecule has 0 aliphatic heterocycles. The lowest BCUT2D eigenvalue weighted by atomic mass is 10.2. The Kier molecular flexibility index (Phi) is 3.77. The highest BCUT2D eigenvalue weighted by Gasteiger charge is 2.15. The van der Waals surface area contributed by atoms with Gasteiger partial charge in [0.1, 0.15) is 0 Å². The van der Waals surface area contributed by atoms with Crippen LogP contribution in [0.3, 0.4) is 0 Å². The molecular formula is C14H15N3S2. The van der Waals surface area contributed by atoms with E-state index in [0.717, 1.165) is 6.54 Å². The van der Waals surface area contributed by atoms with E-state index in [1.807, 2.05) is 24.1 Å². The van der Waals surface area contributed by atoms with E-state index < -0.39 is 0 Å². The van der Waals surface area contributed by atoms with Gasteiger partial charge in [-0.3, -0.25) is 4.68 Å². The molecule has 0 amide bonds. The second-order valence-corrected chi connectivity index (χ2v) is 6.33. The van der Waals surface area contributed by atoms with E-state index in [0.29, 0.717) is 0 Å². The smallest absolute Gasteiger partial charge is 0.0767 e. The summed E-state index contributed by atoms with van der Waals surface area (Å²) >= 11 is 3.59. The van der Waals surface area contributed by atoms with Gasteiger partial charge in [-0.15, -0.1) is 22.7 Å². The first-order valence-electron chi connectivity index (χ1n) is 6.10. The number of nitrogens with zero attached hydrogens (tertiary/aromatic N) is 2. The van der Waals surface area contributed by atoms with Crippen LogP contribution in [0.1, 0.15) is 21.4 Å². The van der Waals surface area contributed by atoms with Crippen molar-refractivity contribution in [1.29, 1.82) is 0 Å². The Morgan fingerprint density at radius 1 is 1.21 bits per heavy atom. The summed E-state index contributed by atoms with van der Waals surface area (Å²) in [6, 6.07) is 8.86. The molecule has 3 nitrogen and oxygen atoms in total. The maximum absolute atomic E-state index is 4.20. The number of rotatable bonds is 5. The molecule has 3 rings (SSSR count). The van der Waals surface area contributed by atoms with E-state index in [9.17, 15) is 0 Å². The average Bonchev–Trinajstić information content (AvgIpc) is 3.11. The average molecular weight is 289 g/mol. The van der Waals surface area contributed by atoms with Crippen LogP contribution in [-0.4, -0.2) is 9.78 Å². The molecule has 1 N–H and O–H groups in total. The Balaban J connectivity index is 1.77. The number of aromatic nitrogens is 2. The molecule has 3 aromatic heterocycles. The Morgan fingerprint density at radius 3 is 2.37 bits per heavy atom. The minimum Gasteiger partial charge on any atom is -0.301 e. The maximum atomic E-state index is 4.20. The lowest BCUT2D eigenvalue weighted by Crippen LogP contribution is -2.20. The largest absolute Gasteiger partial charge is 0.301 e. The summed E-state index contributed by atoms with van der Waals surface area (Å²) in [5.41, 5.74) is 1.21. The van der Waals surface area contributed by atoms with E-state index in [-0.39, 0.29) is 6.04 Å². The van der Waals surface area contributed by atoms with Gasteiger partial charge < -0.3 is 5.32 Å². The molecule has 0 saturated carbocycles. The van der Waals surface area contributed by atoms with Crippen molar-refractivity contribution in [2.24, 2.45) is 7.05 Å². The molecule has 0 fully saturated rings. The molecule has 0 atom stereocenters. The van der Waals surface area contributed by atoms with Gasteiger partial charge >= 0.3 is 0 Å². The van der Waals surface area contributed by atoms with Crippen molar-refractivity contribution >= 4 is 22.7 Å². The van der Waals surface area contributed by atoms with Crippen LogP contribution in [0, 0.1) is 0 Å². The predicted octanol–water partition coefficient (Wildman–Crippen LogP) is 3.42. The van der Waals surface area contributed by atoms with Crippen LogP contribution in [0.15, 0.2) is 47.4 Å². The van der Waals surface area contributed by atoms with E-state index in [4.69, 9.17) is 0 Å². The summed E-state index contributed by atoms with van der Waals surface area (Å²) in [6.07, 6.45) is 3.96. The van der Waals surface area contributed by atoms with Crippen LogP contribution in [-0.2, 0) is 13.6 Å². The molecule has 0 radical (unpaired) electrons. The third-order valence-corrected chi connectivity index (χ3v) is 4.80. The first-order valence-corrected chi connectivity index (χ1v) is 7.86. The number of hydrogen-bond acceptors (Lipinski definition) is 4. The summed E-state index contributed by atoms with van der Waals surface area (Å²) < 4.78 is 1.84. The highest BCUT2D eigenvalue weighted by atomic mass is 32.1. The van der Waals surface area contributed by atoms with Gasteiger partial charge in [-0.05, 0) is 22.9 Å². The topological polar surface area (TPSA) is 29.9 Å². The van der Waals surface area contributed by atoms with Gasteiger partial charge in [0.05, 0.1) is 12.2 Å². The molecule has 0 aliphatic rings. The molecule has 0 spiro atoms. The Labute approximate surface area is 120 Å². The van der Waals surface area contributed by atoms with Crippen LogP contribution < -0.4 is 5.32 Å². The van der Waals surface area contributed by atoms with Gasteiger partial charge in [-0.2, -0.15) is 5.10 Å². The lowest BCUT2D eigenvalue weighted by molar-refractivity contribution is 0.621. The van der Waals surface area contributed by atoms with Crippen molar-refractivity contribution in [3.05, 3.63) is 62.7 Å². The highest BCUT2D eigenvalue weighted by Crippen LogP contribution is 2.29. The van der Waals surface area contributed by atoms with Crippen molar-refractivity contribution in [1.82, 2.24) is 15.1 Å². The van der Waals surface area contributed by atoms with Gasteiger partial charge in [0.2, 0.25) is 0 Å². The fourth-order valence-electron chi connectivity index (χ4n) is 2.04. The maximum Gasteiger partial charge on any atom is 0.0767 e. The lowest BCUT2D eigenvalue weighted by Gasteiger charge is -2.15. The minimum atomic E-state index is 0.278. The monoisotopic (exact) mass is 289 g/mol. The number of aryl methyl sites for hydroxylation is 1. The number of thiophene rings is 2. The van der Waals surface area contributed by atoms with Gasteiger partial charge in [0.25, 0.3) is 0 Å². The standard InChI is InChI=1S/C14H15N3S2/c1-17-10-11(9-16-17)8-15-14(12-4-2-6-18-12)13-5-3-7-19-13/h2-7,9-10,14-15H,8H2,1H3. The molecule has 0 aliphatic carbocycles. The molecular weight excluding hydrogens is 274 g/mol. The molecule has 0 unspecified atom stereocenters. The molecule has 98 valence electrons. The second-order valence-electron chi connectivity index (χ2n) is 4.37. The predicted molar refractivity (Wildman–Crippen MR) is 80.5 cm³/mol. The fraction of sp³-hybridized carbons (Fsp3) is 0.214. The zero-order valence-corrected chi connectivity index (χ0v) is 12.2. The van der Waals surface area contributed by atoms with E-state index in [1.165, 1.54) is 15.3 Å². The van der Waals surface area contributed by atoms with E-state index in [1.54, 1.807) is 22.7 Å². The number of nitrogens with one attached hydrogen (secondary N) is 1. The van der Waals surface area contributed by atoms with E-state index in [2.05, 4.69) is 45.4 Å². The minimum absolute atomic E-state index is 0.278. The quantitative estimate of drug-likeness (QED) is 0.780. The van der Waals surface area contributed by atoms with Crippen molar-refractivity contribution in [2.75, 3.05) is 0 Å². The van der Waals surface area contributed by atoms with Crippen molar-refractivity contribution < 1.29 is 0 Å². The van der Waals surface area contributed by atoms with Gasteiger partial charge in [0, 0.05) is 35.1 Å². The van der Waals surface area contributed by atoms with Crippen molar-refractivity contribution in [2.45, 2.75) is 12.6 Å². The first kappa shape index (κ1) is 12.6. The summed E-state index contributed by atoms with van der Waals surface area (Å²) in [6.45, 7) is 0.828. The summed E-state index contributed by atoms with van der Waals surface area (Å²) in [5, 5.41) is 12.1. The molecule has 3 heterocycles. The van der Waals surface area contributed by atoms with Gasteiger partial charge in [-0.1, -0.05) is 12.1 Å². The molecule has 0 aromatic carbocycles. The Hall–Kier alpha value is -1.43. The molecule has 0 saturated heterocycles. The van der Waals surface area contributed by atoms with Crippen LogP contribution in [0.5, 0.6) is 0 Å². The summed E-state index contributed by atoms with van der Waals surface area (Å²) in [7, 11) is 1.94. The SMILES string of the molecule is Cn1cc(CNC(c2cccs2)c2cccs2)cn1. The van der Waals surface area contributed by atoms with Crippen LogP contribution in [0.2, 0.25) is 0 Å². The van der Waals surface area contributed by atoms with Crippen LogP contribution >= 0.6 is 22.7 Å². The molecule has 5 heteroatoms. The highest BCUT2D eigenvalue weighted by molar-refractivity contribution is 7.11. The second kappa shape index (κ2) is 5.69. The van der Waals surface area contributed by atoms with E-state index >= 15 is 0 Å². The zero-order chi connectivity index (χ0) is 13.1. The third kappa shape index (κ3) is 2.94. The molecule has 3 aromatic rings. The Bertz CT molecular complexity index is 577. The summed E-state index contributed by atoms with van der Waals surface area (Å²) in [4.78, 5) is 2.71. The molecule has 0 bridgehead atoms. The van der Waals surface area contributed by atoms with Gasteiger partial charge in [0.15, 0.2) is 0 Å². The van der Waals surface area contributed by atoms with Gasteiger partial charge in [-0.25, -0.2) is 0 Å². The number of hydrogen-bond donors (Lipinski definition) is 1. The summed E-state index contributed by atoms with van der Waals surface area (Å²) in [5.74, 6) is 0. The third-order valence-electron chi connectivity index (χ3n) is 2.92. The normalized spacial score (nSPS) is 11.3. The van der Waals surface area contributed by atoms with Crippen LogP contribution in [0.25, 0.3) is 0 Å². The fourth-order valence-corrected chi connectivity index (χ4v) is 3.75. The molecule has 19 heavy (non-hydrogen) atoms. The first-order chi connectivity index (χ1) is 9.33. The zero-order valence-electron chi connectivity index (χ0n) is 10.6. The van der Waals surface area contributed by atoms with Crippen molar-refractivity contribution in [3.63, 3.8) is 0 Å². The van der Waals surface area contributed by atoms with Crippen LogP contribution in [0.4, 0.5) is 0 Å².